The summed E-state index contributed by atoms with van der Waals surface area (Å²) in [4.78, 5) is 45.4. The van der Waals surface area contributed by atoms with Gasteiger partial charge in [-0.2, -0.15) is 0 Å². The molecule has 2 saturated heterocycles. The summed E-state index contributed by atoms with van der Waals surface area (Å²) >= 11 is 6.09. The number of amides is 1. The molecule has 9 nitrogen and oxygen atoms in total. The number of hydrogen-bond acceptors (Lipinski definition) is 7. The number of aromatic nitrogens is 1. The van der Waals surface area contributed by atoms with E-state index in [0.717, 1.165) is 19.6 Å². The van der Waals surface area contributed by atoms with Crippen LogP contribution in [0.15, 0.2) is 29.8 Å². The number of rotatable bonds is 7. The number of ether oxygens (including phenoxy) is 2. The molecule has 0 radical (unpaired) electrons. The number of hydrogen-bond donors (Lipinski definition) is 2. The van der Waals surface area contributed by atoms with E-state index in [9.17, 15) is 19.5 Å². The molecule has 1 atom stereocenters. The molecular weight excluding hydrogens is 486 g/mol. The number of H-pyrrole nitrogens is 1. The molecule has 4 rings (SSSR count). The summed E-state index contributed by atoms with van der Waals surface area (Å²) in [6, 6.07) is 6.08. The third-order valence-electron chi connectivity index (χ3n) is 6.77. The maximum Gasteiger partial charge on any atom is 0.354 e. The van der Waals surface area contributed by atoms with Gasteiger partial charge in [-0.15, -0.1) is 0 Å². The standard InChI is InChI=1S/C26H30ClN3O6/c1-15-19(16(2)28-21(15)26(34)35-3)23(31)20-22(17-5-7-18(27)8-6-17)30(25(33)24(20)32)10-4-9-29-11-13-36-14-12-29/h5-8,22,28,31H,4,9-14H2,1-3H3/t22-/m1/s1. The van der Waals surface area contributed by atoms with Crippen LogP contribution in [-0.2, 0) is 19.1 Å². The summed E-state index contributed by atoms with van der Waals surface area (Å²) in [5.41, 5.74) is 2.05. The highest BCUT2D eigenvalue weighted by Gasteiger charge is 2.46. The van der Waals surface area contributed by atoms with E-state index in [1.165, 1.54) is 12.0 Å². The third-order valence-corrected chi connectivity index (χ3v) is 7.02. The Bertz CT molecular complexity index is 1200. The number of morpholine rings is 1. The van der Waals surface area contributed by atoms with Crippen LogP contribution in [0.4, 0.5) is 0 Å². The Morgan fingerprint density at radius 1 is 1.17 bits per heavy atom. The number of nitrogens with zero attached hydrogens (tertiary/aromatic N) is 2. The van der Waals surface area contributed by atoms with Crippen LogP contribution >= 0.6 is 11.6 Å². The van der Waals surface area contributed by atoms with E-state index in [-0.39, 0.29) is 17.0 Å². The van der Waals surface area contributed by atoms with Crippen molar-refractivity contribution in [2.24, 2.45) is 0 Å². The summed E-state index contributed by atoms with van der Waals surface area (Å²) in [6.07, 6.45) is 0.659. The maximum atomic E-state index is 13.3. The van der Waals surface area contributed by atoms with Gasteiger partial charge in [0.2, 0.25) is 0 Å². The van der Waals surface area contributed by atoms with Gasteiger partial charge in [0, 0.05) is 42.5 Å². The molecule has 2 aliphatic heterocycles. The van der Waals surface area contributed by atoms with Crippen LogP contribution in [0, 0.1) is 13.8 Å². The van der Waals surface area contributed by atoms with Crippen molar-refractivity contribution in [3.63, 3.8) is 0 Å². The van der Waals surface area contributed by atoms with Gasteiger partial charge in [0.1, 0.15) is 11.5 Å². The van der Waals surface area contributed by atoms with Gasteiger partial charge in [0.15, 0.2) is 0 Å². The monoisotopic (exact) mass is 515 g/mol. The number of aryl methyl sites for hydroxylation is 1. The van der Waals surface area contributed by atoms with E-state index in [1.54, 1.807) is 38.1 Å². The first kappa shape index (κ1) is 25.9. The lowest BCUT2D eigenvalue weighted by Crippen LogP contribution is -2.38. The smallest absolute Gasteiger partial charge is 0.354 e. The van der Waals surface area contributed by atoms with Gasteiger partial charge in [-0.05, 0) is 43.5 Å². The minimum absolute atomic E-state index is 0.0182. The van der Waals surface area contributed by atoms with E-state index in [0.29, 0.717) is 53.6 Å². The van der Waals surface area contributed by atoms with Crippen molar-refractivity contribution < 1.29 is 29.0 Å². The minimum atomic E-state index is -0.790. The fraction of sp³-hybridized carbons (Fsp3) is 0.423. The molecule has 1 aromatic carbocycles. The number of Topliss-reactive ketones (excluding diaryl/α,β-unsaturated/α-hetero) is 1. The third kappa shape index (κ3) is 4.91. The van der Waals surface area contributed by atoms with Gasteiger partial charge < -0.3 is 24.5 Å². The fourth-order valence-corrected chi connectivity index (χ4v) is 5.06. The molecule has 192 valence electrons. The number of carbonyl (C=O) groups excluding carboxylic acids is 3. The number of methoxy groups -OCH3 is 1. The van der Waals surface area contributed by atoms with Crippen LogP contribution in [0.1, 0.15) is 45.3 Å². The van der Waals surface area contributed by atoms with Crippen LogP contribution in [0.25, 0.3) is 5.76 Å². The lowest BCUT2D eigenvalue weighted by Gasteiger charge is -2.29. The Labute approximate surface area is 214 Å². The molecule has 0 aliphatic carbocycles. The molecule has 0 spiro atoms. The molecule has 3 heterocycles. The topological polar surface area (TPSA) is 112 Å². The summed E-state index contributed by atoms with van der Waals surface area (Å²) in [7, 11) is 1.26. The first-order valence-electron chi connectivity index (χ1n) is 11.9. The molecule has 2 fully saturated rings. The molecule has 1 aromatic heterocycles. The maximum absolute atomic E-state index is 13.3. The van der Waals surface area contributed by atoms with Crippen molar-refractivity contribution in [2.75, 3.05) is 46.5 Å². The zero-order valence-corrected chi connectivity index (χ0v) is 21.4. The Hall–Kier alpha value is -3.14. The van der Waals surface area contributed by atoms with Crippen molar-refractivity contribution >= 4 is 35.0 Å². The second-order valence-corrected chi connectivity index (χ2v) is 9.40. The molecule has 2 aliphatic rings. The van der Waals surface area contributed by atoms with Gasteiger partial charge in [0.05, 0.1) is 31.9 Å². The van der Waals surface area contributed by atoms with Crippen LogP contribution < -0.4 is 0 Å². The minimum Gasteiger partial charge on any atom is -0.507 e. The molecule has 2 N–H and O–H groups in total. The van der Waals surface area contributed by atoms with Crippen molar-refractivity contribution in [1.82, 2.24) is 14.8 Å². The predicted molar refractivity (Wildman–Crippen MR) is 134 cm³/mol. The molecule has 0 unspecified atom stereocenters. The number of carbonyl (C=O) groups is 3. The number of esters is 1. The Morgan fingerprint density at radius 2 is 1.83 bits per heavy atom. The second kappa shape index (κ2) is 10.9. The van der Waals surface area contributed by atoms with Crippen molar-refractivity contribution in [3.05, 3.63) is 62.9 Å². The highest BCUT2D eigenvalue weighted by molar-refractivity contribution is 6.46. The number of nitrogens with one attached hydrogen (secondary N) is 1. The number of aromatic amines is 1. The van der Waals surface area contributed by atoms with Crippen LogP contribution in [0.5, 0.6) is 0 Å². The van der Waals surface area contributed by atoms with E-state index >= 15 is 0 Å². The fourth-order valence-electron chi connectivity index (χ4n) is 4.94. The van der Waals surface area contributed by atoms with E-state index in [2.05, 4.69) is 9.88 Å². The lowest BCUT2D eigenvalue weighted by molar-refractivity contribution is -0.140. The highest BCUT2D eigenvalue weighted by Crippen LogP contribution is 2.41. The number of aliphatic hydroxyl groups excluding tert-OH is 1. The Balaban J connectivity index is 1.74. The van der Waals surface area contributed by atoms with E-state index in [4.69, 9.17) is 21.1 Å². The van der Waals surface area contributed by atoms with Gasteiger partial charge in [0.25, 0.3) is 11.7 Å². The summed E-state index contributed by atoms with van der Waals surface area (Å²) in [5, 5.41) is 11.9. The quantitative estimate of drug-likeness (QED) is 0.252. The van der Waals surface area contributed by atoms with Gasteiger partial charge in [-0.1, -0.05) is 23.7 Å². The zero-order chi connectivity index (χ0) is 26.0. The largest absolute Gasteiger partial charge is 0.507 e. The number of halogens is 1. The number of aliphatic hydroxyl groups is 1. The molecular formula is C26H30ClN3O6. The molecule has 0 bridgehead atoms. The van der Waals surface area contributed by atoms with Crippen LogP contribution in [-0.4, -0.2) is 84.1 Å². The summed E-state index contributed by atoms with van der Waals surface area (Å²) in [6.45, 7) is 7.45. The Morgan fingerprint density at radius 3 is 2.47 bits per heavy atom. The van der Waals surface area contributed by atoms with Gasteiger partial charge in [-0.3, -0.25) is 14.5 Å². The average Bonchev–Trinajstić information content (AvgIpc) is 3.31. The zero-order valence-electron chi connectivity index (χ0n) is 20.6. The highest BCUT2D eigenvalue weighted by atomic mass is 35.5. The molecule has 36 heavy (non-hydrogen) atoms. The molecule has 2 aromatic rings. The molecule has 0 saturated carbocycles. The van der Waals surface area contributed by atoms with Gasteiger partial charge in [-0.25, -0.2) is 4.79 Å². The first-order chi connectivity index (χ1) is 17.2. The second-order valence-electron chi connectivity index (χ2n) is 8.97. The van der Waals surface area contributed by atoms with E-state index < -0.39 is 23.7 Å². The van der Waals surface area contributed by atoms with Gasteiger partial charge >= 0.3 is 5.97 Å². The van der Waals surface area contributed by atoms with Crippen molar-refractivity contribution in [2.45, 2.75) is 26.3 Å². The SMILES string of the molecule is COC(=O)c1[nH]c(C)c(C(O)=C2C(=O)C(=O)N(CCCN3CCOCC3)[C@@H]2c2ccc(Cl)cc2)c1C. The van der Waals surface area contributed by atoms with E-state index in [1.807, 2.05) is 0 Å². The molecule has 1 amide bonds. The Kier molecular flexibility index (Phi) is 7.82. The number of likely N-dealkylation sites (tertiary alicyclic amines) is 1. The number of ketones is 1. The van der Waals surface area contributed by atoms with Crippen LogP contribution in [0.3, 0.4) is 0 Å². The van der Waals surface area contributed by atoms with Crippen molar-refractivity contribution in [3.8, 4) is 0 Å². The number of benzene rings is 1. The average molecular weight is 516 g/mol. The molecule has 10 heteroatoms. The normalized spacial score (nSPS) is 20.2. The van der Waals surface area contributed by atoms with Crippen molar-refractivity contribution in [1.29, 1.82) is 0 Å². The summed E-state index contributed by atoms with van der Waals surface area (Å²) in [5.74, 6) is -2.35. The predicted octanol–water partition coefficient (Wildman–Crippen LogP) is 3.22. The first-order valence-corrected chi connectivity index (χ1v) is 12.2. The van der Waals surface area contributed by atoms with Crippen LogP contribution in [0.2, 0.25) is 5.02 Å². The lowest BCUT2D eigenvalue weighted by atomic mass is 9.94. The summed E-state index contributed by atoms with van der Waals surface area (Å²) < 4.78 is 10.2.